The van der Waals surface area contributed by atoms with Crippen molar-refractivity contribution in [2.75, 3.05) is 18.8 Å². The summed E-state index contributed by atoms with van der Waals surface area (Å²) in [6, 6.07) is 7.48. The lowest BCUT2D eigenvalue weighted by Crippen LogP contribution is -2.44. The highest BCUT2D eigenvalue weighted by molar-refractivity contribution is 7.97. The fourth-order valence-corrected chi connectivity index (χ4v) is 2.17. The van der Waals surface area contributed by atoms with Crippen molar-refractivity contribution >= 4 is 22.8 Å². The highest BCUT2D eigenvalue weighted by atomic mass is 32.2. The zero-order valence-corrected chi connectivity index (χ0v) is 14.3. The Hall–Kier alpha value is -1.53. The predicted octanol–water partition coefficient (Wildman–Crippen LogP) is 1.89. The molecular formula is C16H24NO4S+. The van der Waals surface area contributed by atoms with Crippen molar-refractivity contribution in [3.8, 4) is 0 Å². The molecular weight excluding hydrogens is 302 g/mol. The van der Waals surface area contributed by atoms with E-state index in [9.17, 15) is 14.7 Å². The van der Waals surface area contributed by atoms with Gasteiger partial charge in [-0.3, -0.25) is 4.79 Å². The summed E-state index contributed by atoms with van der Waals surface area (Å²) < 4.78 is 5.62. The molecule has 5 nitrogen and oxygen atoms in total. The van der Waals surface area contributed by atoms with Crippen molar-refractivity contribution in [1.29, 1.82) is 0 Å². The lowest BCUT2D eigenvalue weighted by molar-refractivity contribution is -0.140. The van der Waals surface area contributed by atoms with Gasteiger partial charge >= 0.3 is 5.97 Å². The minimum Gasteiger partial charge on any atom is -0.480 e. The van der Waals surface area contributed by atoms with Gasteiger partial charge < -0.3 is 15.2 Å². The molecule has 0 saturated heterocycles. The topological polar surface area (TPSA) is 75.6 Å². The third-order valence-corrected chi connectivity index (χ3v) is 5.84. The van der Waals surface area contributed by atoms with Crippen LogP contribution in [0.4, 0.5) is 0 Å². The van der Waals surface area contributed by atoms with Crippen molar-refractivity contribution in [3.05, 3.63) is 35.9 Å². The first-order chi connectivity index (χ1) is 10.2. The molecule has 1 aromatic rings. The van der Waals surface area contributed by atoms with E-state index in [1.54, 1.807) is 30.3 Å². The molecule has 1 amide bonds. The molecule has 0 bridgehead atoms. The van der Waals surface area contributed by atoms with Gasteiger partial charge in [-0.1, -0.05) is 18.2 Å². The highest BCUT2D eigenvalue weighted by Crippen LogP contribution is 2.16. The van der Waals surface area contributed by atoms with E-state index < -0.39 is 17.9 Å². The average Bonchev–Trinajstić information content (AvgIpc) is 2.45. The summed E-state index contributed by atoms with van der Waals surface area (Å²) in [5.41, 5.74) is 0.429. The molecule has 6 heteroatoms. The molecule has 0 fully saturated rings. The van der Waals surface area contributed by atoms with Gasteiger partial charge in [0.1, 0.15) is 11.0 Å². The Morgan fingerprint density at radius 1 is 1.27 bits per heavy atom. The number of hydrogen-bond acceptors (Lipinski definition) is 3. The van der Waals surface area contributed by atoms with Gasteiger partial charge in [-0.2, -0.15) is 0 Å². The van der Waals surface area contributed by atoms with Gasteiger partial charge in [0, 0.05) is 16.5 Å². The lowest BCUT2D eigenvalue weighted by atomic mass is 10.2. The summed E-state index contributed by atoms with van der Waals surface area (Å²) >= 11 is 0. The lowest BCUT2D eigenvalue weighted by Gasteiger charge is -2.19. The standard InChI is InChI=1S/C16H23NO4S/c1-16(2,3)22(4)11-21-10-13(15(19)20)17-14(18)12-8-6-5-7-9-12/h5-9,13H,10-11H2,1-4H3,(H-,17,18,19,20)/p+1/t13-,22?/m0/s1. The summed E-state index contributed by atoms with van der Waals surface area (Å²) in [6.45, 7) is 6.31. The van der Waals surface area contributed by atoms with E-state index in [4.69, 9.17) is 4.74 Å². The summed E-state index contributed by atoms with van der Waals surface area (Å²) in [5, 5.41) is 11.7. The Balaban J connectivity index is 2.53. The van der Waals surface area contributed by atoms with Gasteiger partial charge in [-0.15, -0.1) is 0 Å². The van der Waals surface area contributed by atoms with Gasteiger partial charge in [-0.25, -0.2) is 4.79 Å². The van der Waals surface area contributed by atoms with Crippen LogP contribution >= 0.6 is 0 Å². The van der Waals surface area contributed by atoms with Crippen molar-refractivity contribution in [2.24, 2.45) is 0 Å². The Bertz CT molecular complexity index is 499. The number of ether oxygens (including phenoxy) is 1. The van der Waals surface area contributed by atoms with Crippen LogP contribution in [0, 0.1) is 0 Å². The van der Waals surface area contributed by atoms with Gasteiger partial charge in [0.2, 0.25) is 5.94 Å². The third-order valence-electron chi connectivity index (χ3n) is 3.23. The number of hydrogen-bond donors (Lipinski definition) is 2. The van der Waals surface area contributed by atoms with Gasteiger partial charge in [0.25, 0.3) is 5.91 Å². The minimum atomic E-state index is -1.10. The molecule has 0 heterocycles. The van der Waals surface area contributed by atoms with Crippen LogP contribution < -0.4 is 5.32 Å². The van der Waals surface area contributed by atoms with E-state index in [-0.39, 0.29) is 22.2 Å². The largest absolute Gasteiger partial charge is 0.480 e. The Kier molecular flexibility index (Phi) is 6.90. The zero-order valence-electron chi connectivity index (χ0n) is 13.5. The number of amides is 1. The fraction of sp³-hybridized carbons (Fsp3) is 0.500. The molecule has 0 aromatic heterocycles. The van der Waals surface area contributed by atoms with Crippen molar-refractivity contribution in [1.82, 2.24) is 5.32 Å². The maximum atomic E-state index is 12.0. The Morgan fingerprint density at radius 3 is 2.36 bits per heavy atom. The average molecular weight is 326 g/mol. The monoisotopic (exact) mass is 326 g/mol. The molecule has 1 unspecified atom stereocenters. The second-order valence-corrected chi connectivity index (χ2v) is 8.70. The van der Waals surface area contributed by atoms with E-state index in [0.717, 1.165) is 0 Å². The van der Waals surface area contributed by atoms with Crippen LogP contribution in [0.15, 0.2) is 30.3 Å². The molecule has 2 atom stereocenters. The van der Waals surface area contributed by atoms with Crippen LogP contribution in [0.1, 0.15) is 31.1 Å². The van der Waals surface area contributed by atoms with Crippen LogP contribution in [-0.2, 0) is 20.4 Å². The first-order valence-corrected chi connectivity index (χ1v) is 8.81. The van der Waals surface area contributed by atoms with Crippen LogP contribution in [0.3, 0.4) is 0 Å². The summed E-state index contributed by atoms with van der Waals surface area (Å²) in [5.74, 6) is -1.03. The number of aliphatic carboxylic acids is 1. The highest BCUT2D eigenvalue weighted by Gasteiger charge is 2.30. The van der Waals surface area contributed by atoms with E-state index in [1.165, 1.54) is 0 Å². The predicted molar refractivity (Wildman–Crippen MR) is 89.2 cm³/mol. The summed E-state index contributed by atoms with van der Waals surface area (Å²) in [4.78, 5) is 23.2. The number of carbonyl (C=O) groups is 2. The number of carbonyl (C=O) groups excluding carboxylic acids is 1. The van der Waals surface area contributed by atoms with E-state index in [0.29, 0.717) is 11.5 Å². The maximum absolute atomic E-state index is 12.0. The van der Waals surface area contributed by atoms with Crippen LogP contribution in [0.2, 0.25) is 0 Å². The first-order valence-electron chi connectivity index (χ1n) is 7.01. The third kappa shape index (κ3) is 6.07. The number of rotatable bonds is 7. The number of benzene rings is 1. The molecule has 22 heavy (non-hydrogen) atoms. The molecule has 0 radical (unpaired) electrons. The smallest absolute Gasteiger partial charge is 0.328 e. The SMILES string of the molecule is C[S+](COC[C@H](NC(=O)c1ccccc1)C(=O)O)C(C)(C)C. The zero-order chi connectivity index (χ0) is 16.8. The van der Waals surface area contributed by atoms with Crippen LogP contribution in [-0.4, -0.2) is 46.6 Å². The molecule has 122 valence electrons. The first kappa shape index (κ1) is 18.5. The van der Waals surface area contributed by atoms with Crippen molar-refractivity contribution in [2.45, 2.75) is 31.6 Å². The van der Waals surface area contributed by atoms with Gasteiger partial charge in [0.15, 0.2) is 6.04 Å². The number of carboxylic acids is 1. The van der Waals surface area contributed by atoms with E-state index >= 15 is 0 Å². The quantitative estimate of drug-likeness (QED) is 0.750. The molecule has 0 aliphatic carbocycles. The summed E-state index contributed by atoms with van der Waals surface area (Å²) in [7, 11) is 0.00650. The van der Waals surface area contributed by atoms with E-state index in [1.807, 2.05) is 0 Å². The van der Waals surface area contributed by atoms with E-state index in [2.05, 4.69) is 32.3 Å². The number of carboxylic acid groups (broad SMARTS) is 1. The second-order valence-electron chi connectivity index (χ2n) is 5.97. The second kappa shape index (κ2) is 8.19. The minimum absolute atomic E-state index is 0.00650. The van der Waals surface area contributed by atoms with Crippen molar-refractivity contribution < 1.29 is 19.4 Å². The fourth-order valence-electron chi connectivity index (χ4n) is 1.47. The van der Waals surface area contributed by atoms with Gasteiger partial charge in [0.05, 0.1) is 6.61 Å². The molecule has 0 saturated carbocycles. The van der Waals surface area contributed by atoms with Crippen molar-refractivity contribution in [3.63, 3.8) is 0 Å². The number of nitrogens with one attached hydrogen (secondary N) is 1. The molecule has 0 aliphatic rings. The molecule has 1 aromatic carbocycles. The molecule has 2 N–H and O–H groups in total. The van der Waals surface area contributed by atoms with Gasteiger partial charge in [-0.05, 0) is 32.9 Å². The van der Waals surface area contributed by atoms with Crippen LogP contribution in [0.25, 0.3) is 0 Å². The Morgan fingerprint density at radius 2 is 1.86 bits per heavy atom. The molecule has 0 aliphatic heterocycles. The van der Waals surface area contributed by atoms with Crippen LogP contribution in [0.5, 0.6) is 0 Å². The maximum Gasteiger partial charge on any atom is 0.328 e. The Labute approximate surface area is 134 Å². The summed E-state index contributed by atoms with van der Waals surface area (Å²) in [6.07, 6.45) is 2.08. The molecule has 1 rings (SSSR count). The molecule has 0 spiro atoms. The normalized spacial score (nSPS) is 14.2.